The van der Waals surface area contributed by atoms with E-state index >= 15 is 0 Å². The Kier molecular flexibility index (Phi) is 3.85. The van der Waals surface area contributed by atoms with E-state index in [2.05, 4.69) is 41.0 Å². The molecule has 0 spiro atoms. The summed E-state index contributed by atoms with van der Waals surface area (Å²) in [6.45, 7) is 10.7. The van der Waals surface area contributed by atoms with Crippen molar-refractivity contribution in [1.29, 1.82) is 0 Å². The Bertz CT molecular complexity index is 380. The van der Waals surface area contributed by atoms with Gasteiger partial charge in [0.05, 0.1) is 0 Å². The molecular formula is C14H24N4. The monoisotopic (exact) mass is 248 g/mol. The third-order valence-corrected chi connectivity index (χ3v) is 3.27. The lowest BCUT2D eigenvalue weighted by atomic mass is 10.1. The summed E-state index contributed by atoms with van der Waals surface area (Å²) in [4.78, 5) is 11.2. The maximum atomic E-state index is 4.44. The van der Waals surface area contributed by atoms with E-state index in [1.807, 2.05) is 19.3 Å². The lowest BCUT2D eigenvalue weighted by molar-refractivity contribution is 0.404. The summed E-state index contributed by atoms with van der Waals surface area (Å²) in [5, 5.41) is 3.58. The molecule has 1 unspecified atom stereocenters. The van der Waals surface area contributed by atoms with Gasteiger partial charge in [0, 0.05) is 37.1 Å². The number of nitrogens with zero attached hydrogens (tertiary/aromatic N) is 3. The SMILES string of the molecule is Cc1cnc(N2CCCC2CNC(C)(C)C)nc1. The first kappa shape index (κ1) is 13.3. The predicted octanol–water partition coefficient (Wildman–Crippen LogP) is 2.14. The van der Waals surface area contributed by atoms with Crippen molar-refractivity contribution in [1.82, 2.24) is 15.3 Å². The van der Waals surface area contributed by atoms with Gasteiger partial charge in [-0.2, -0.15) is 0 Å². The summed E-state index contributed by atoms with van der Waals surface area (Å²) < 4.78 is 0. The Hall–Kier alpha value is -1.16. The molecule has 0 aromatic carbocycles. The van der Waals surface area contributed by atoms with Crippen molar-refractivity contribution >= 4 is 5.95 Å². The van der Waals surface area contributed by atoms with Gasteiger partial charge in [-0.1, -0.05) is 0 Å². The van der Waals surface area contributed by atoms with Crippen molar-refractivity contribution in [2.45, 2.75) is 52.1 Å². The lowest BCUT2D eigenvalue weighted by Gasteiger charge is -2.29. The van der Waals surface area contributed by atoms with E-state index < -0.39 is 0 Å². The highest BCUT2D eigenvalue weighted by atomic mass is 15.3. The number of aryl methyl sites for hydroxylation is 1. The van der Waals surface area contributed by atoms with E-state index in [0.29, 0.717) is 6.04 Å². The fraction of sp³-hybridized carbons (Fsp3) is 0.714. The van der Waals surface area contributed by atoms with Crippen LogP contribution in [0.25, 0.3) is 0 Å². The van der Waals surface area contributed by atoms with Crippen LogP contribution in [0, 0.1) is 6.92 Å². The molecule has 4 heteroatoms. The van der Waals surface area contributed by atoms with E-state index in [1.165, 1.54) is 12.8 Å². The highest BCUT2D eigenvalue weighted by Crippen LogP contribution is 2.22. The number of aromatic nitrogens is 2. The van der Waals surface area contributed by atoms with Crippen LogP contribution in [0.15, 0.2) is 12.4 Å². The van der Waals surface area contributed by atoms with Gasteiger partial charge in [-0.25, -0.2) is 9.97 Å². The summed E-state index contributed by atoms with van der Waals surface area (Å²) in [7, 11) is 0. The second-order valence-corrected chi connectivity index (χ2v) is 6.18. The van der Waals surface area contributed by atoms with Crippen LogP contribution in [-0.4, -0.2) is 34.6 Å². The summed E-state index contributed by atoms with van der Waals surface area (Å²) in [6.07, 6.45) is 6.25. The third-order valence-electron chi connectivity index (χ3n) is 3.27. The zero-order valence-corrected chi connectivity index (χ0v) is 11.9. The fourth-order valence-electron chi connectivity index (χ4n) is 2.27. The summed E-state index contributed by atoms with van der Waals surface area (Å²) in [5.74, 6) is 0.874. The Balaban J connectivity index is 2.01. The molecule has 1 N–H and O–H groups in total. The summed E-state index contributed by atoms with van der Waals surface area (Å²) in [6, 6.07) is 0.520. The molecule has 0 aliphatic carbocycles. The molecule has 18 heavy (non-hydrogen) atoms. The van der Waals surface area contributed by atoms with E-state index in [1.54, 1.807) is 0 Å². The molecule has 100 valence electrons. The van der Waals surface area contributed by atoms with Crippen molar-refractivity contribution in [2.75, 3.05) is 18.0 Å². The predicted molar refractivity (Wildman–Crippen MR) is 74.9 cm³/mol. The molecule has 1 aromatic rings. The molecule has 1 aliphatic heterocycles. The first-order valence-electron chi connectivity index (χ1n) is 6.76. The average Bonchev–Trinajstić information content (AvgIpc) is 2.75. The Morgan fingerprint density at radius 1 is 1.33 bits per heavy atom. The smallest absolute Gasteiger partial charge is 0.225 e. The maximum absolute atomic E-state index is 4.44. The second-order valence-electron chi connectivity index (χ2n) is 6.18. The highest BCUT2D eigenvalue weighted by Gasteiger charge is 2.27. The third kappa shape index (κ3) is 3.42. The van der Waals surface area contributed by atoms with Crippen LogP contribution >= 0.6 is 0 Å². The number of hydrogen-bond acceptors (Lipinski definition) is 4. The van der Waals surface area contributed by atoms with Gasteiger partial charge >= 0.3 is 0 Å². The maximum Gasteiger partial charge on any atom is 0.225 e. The largest absolute Gasteiger partial charge is 0.337 e. The number of anilines is 1. The Morgan fingerprint density at radius 3 is 2.61 bits per heavy atom. The van der Waals surface area contributed by atoms with E-state index in [4.69, 9.17) is 0 Å². The summed E-state index contributed by atoms with van der Waals surface area (Å²) in [5.41, 5.74) is 1.28. The van der Waals surface area contributed by atoms with Gasteiger partial charge in [0.25, 0.3) is 0 Å². The molecule has 1 aliphatic rings. The molecule has 2 rings (SSSR count). The molecule has 0 saturated carbocycles. The van der Waals surface area contributed by atoms with Crippen molar-refractivity contribution < 1.29 is 0 Å². The molecular weight excluding hydrogens is 224 g/mol. The van der Waals surface area contributed by atoms with E-state index in [-0.39, 0.29) is 5.54 Å². The first-order chi connectivity index (χ1) is 8.46. The normalized spacial score (nSPS) is 20.4. The van der Waals surface area contributed by atoms with Crippen LogP contribution in [0.1, 0.15) is 39.2 Å². The topological polar surface area (TPSA) is 41.1 Å². The molecule has 0 bridgehead atoms. The van der Waals surface area contributed by atoms with E-state index in [0.717, 1.165) is 24.6 Å². The zero-order valence-electron chi connectivity index (χ0n) is 11.9. The zero-order chi connectivity index (χ0) is 13.2. The second kappa shape index (κ2) is 5.22. The van der Waals surface area contributed by atoms with Gasteiger partial charge in [0.1, 0.15) is 0 Å². The molecule has 4 nitrogen and oxygen atoms in total. The van der Waals surface area contributed by atoms with Crippen LogP contribution in [0.2, 0.25) is 0 Å². The van der Waals surface area contributed by atoms with Crippen LogP contribution in [0.4, 0.5) is 5.95 Å². The van der Waals surface area contributed by atoms with Crippen LogP contribution in [0.3, 0.4) is 0 Å². The minimum absolute atomic E-state index is 0.169. The highest BCUT2D eigenvalue weighted by molar-refractivity contribution is 5.33. The van der Waals surface area contributed by atoms with Crippen LogP contribution in [-0.2, 0) is 0 Å². The standard InChI is InChI=1S/C14H24N4/c1-11-8-15-13(16-9-11)18-7-5-6-12(18)10-17-14(2,3)4/h8-9,12,17H,5-7,10H2,1-4H3. The number of rotatable bonds is 3. The Morgan fingerprint density at radius 2 is 2.00 bits per heavy atom. The van der Waals surface area contributed by atoms with E-state index in [9.17, 15) is 0 Å². The minimum Gasteiger partial charge on any atom is -0.337 e. The molecule has 2 heterocycles. The van der Waals surface area contributed by atoms with Crippen LogP contribution in [0.5, 0.6) is 0 Å². The first-order valence-corrected chi connectivity index (χ1v) is 6.76. The van der Waals surface area contributed by atoms with Gasteiger partial charge in [-0.05, 0) is 46.1 Å². The van der Waals surface area contributed by atoms with Gasteiger partial charge < -0.3 is 10.2 Å². The quantitative estimate of drug-likeness (QED) is 0.890. The van der Waals surface area contributed by atoms with Crippen LogP contribution < -0.4 is 10.2 Å². The molecule has 1 fully saturated rings. The Labute approximate surface area is 110 Å². The van der Waals surface area contributed by atoms with Crippen molar-refractivity contribution in [3.8, 4) is 0 Å². The molecule has 1 saturated heterocycles. The summed E-state index contributed by atoms with van der Waals surface area (Å²) >= 11 is 0. The molecule has 0 amide bonds. The van der Waals surface area contributed by atoms with Crippen molar-refractivity contribution in [3.63, 3.8) is 0 Å². The molecule has 1 atom stereocenters. The van der Waals surface area contributed by atoms with Gasteiger partial charge in [0.15, 0.2) is 0 Å². The number of hydrogen-bond donors (Lipinski definition) is 1. The van der Waals surface area contributed by atoms with Crippen molar-refractivity contribution in [2.24, 2.45) is 0 Å². The lowest BCUT2D eigenvalue weighted by Crippen LogP contribution is -2.45. The van der Waals surface area contributed by atoms with Gasteiger partial charge in [-0.3, -0.25) is 0 Å². The number of nitrogens with one attached hydrogen (secondary N) is 1. The van der Waals surface area contributed by atoms with Crippen molar-refractivity contribution in [3.05, 3.63) is 18.0 Å². The van der Waals surface area contributed by atoms with Gasteiger partial charge in [-0.15, -0.1) is 0 Å². The minimum atomic E-state index is 0.169. The molecule has 1 aromatic heterocycles. The fourth-order valence-corrected chi connectivity index (χ4v) is 2.27. The van der Waals surface area contributed by atoms with Gasteiger partial charge in [0.2, 0.25) is 5.95 Å². The molecule has 0 radical (unpaired) electrons. The average molecular weight is 248 g/mol.